The average Bonchev–Trinajstić information content (AvgIpc) is 2.49. The van der Waals surface area contributed by atoms with Gasteiger partial charge in [-0.25, -0.2) is 8.78 Å². The van der Waals surface area contributed by atoms with Crippen molar-refractivity contribution >= 4 is 23.4 Å². The summed E-state index contributed by atoms with van der Waals surface area (Å²) >= 11 is 5.76. The van der Waals surface area contributed by atoms with Crippen LogP contribution in [0.3, 0.4) is 0 Å². The van der Waals surface area contributed by atoms with Gasteiger partial charge in [-0.1, -0.05) is 11.6 Å². The van der Waals surface area contributed by atoms with Crippen molar-refractivity contribution in [3.8, 4) is 0 Å². The van der Waals surface area contributed by atoms with E-state index in [0.29, 0.717) is 13.0 Å². The van der Waals surface area contributed by atoms with Crippen molar-refractivity contribution in [3.63, 3.8) is 0 Å². The van der Waals surface area contributed by atoms with Gasteiger partial charge in [0, 0.05) is 6.61 Å². The predicted octanol–water partition coefficient (Wildman–Crippen LogP) is 1.01. The summed E-state index contributed by atoms with van der Waals surface area (Å²) in [6.07, 6.45) is -0.0340. The molecule has 1 aliphatic heterocycles. The second-order valence-corrected chi connectivity index (χ2v) is 5.41. The highest BCUT2D eigenvalue weighted by Crippen LogP contribution is 2.21. The second kappa shape index (κ2) is 7.67. The van der Waals surface area contributed by atoms with Crippen LogP contribution < -0.4 is 11.1 Å². The van der Waals surface area contributed by atoms with Gasteiger partial charge in [-0.15, -0.1) is 0 Å². The van der Waals surface area contributed by atoms with Crippen LogP contribution in [0.5, 0.6) is 0 Å². The smallest absolute Gasteiger partial charge is 0.253 e. The molecule has 2 rings (SSSR count). The number of ether oxygens (including phenoxy) is 2. The largest absolute Gasteiger partial charge is 0.379 e. The maximum absolute atomic E-state index is 13.3. The molecule has 2 amide bonds. The molecular formula is C14H15ClF2N2O4. The summed E-state index contributed by atoms with van der Waals surface area (Å²) in [4.78, 5) is 23.0. The van der Waals surface area contributed by atoms with Crippen LogP contribution in [0.2, 0.25) is 5.02 Å². The first kappa shape index (κ1) is 17.6. The first-order valence-corrected chi connectivity index (χ1v) is 7.19. The summed E-state index contributed by atoms with van der Waals surface area (Å²) in [6, 6.07) is 0.875. The monoisotopic (exact) mass is 348 g/mol. The third-order valence-corrected chi connectivity index (χ3v) is 3.62. The third kappa shape index (κ3) is 4.60. The van der Waals surface area contributed by atoms with E-state index in [1.165, 1.54) is 0 Å². The Morgan fingerprint density at radius 3 is 2.78 bits per heavy atom. The van der Waals surface area contributed by atoms with Crippen LogP contribution in [-0.4, -0.2) is 43.8 Å². The number of hydrogen-bond acceptors (Lipinski definition) is 4. The summed E-state index contributed by atoms with van der Waals surface area (Å²) < 4.78 is 36.9. The average molecular weight is 349 g/mol. The number of primary amides is 1. The Hall–Kier alpha value is -1.77. The highest BCUT2D eigenvalue weighted by molar-refractivity contribution is 6.33. The minimum Gasteiger partial charge on any atom is -0.379 e. The van der Waals surface area contributed by atoms with E-state index >= 15 is 0 Å². The van der Waals surface area contributed by atoms with E-state index in [1.807, 2.05) is 0 Å². The number of hydrogen-bond donors (Lipinski definition) is 2. The molecule has 0 aromatic heterocycles. The van der Waals surface area contributed by atoms with Gasteiger partial charge >= 0.3 is 0 Å². The topological polar surface area (TPSA) is 90.7 Å². The zero-order valence-corrected chi connectivity index (χ0v) is 12.7. The van der Waals surface area contributed by atoms with Crippen LogP contribution in [-0.2, 0) is 14.3 Å². The van der Waals surface area contributed by atoms with Crippen LogP contribution in [0.25, 0.3) is 0 Å². The lowest BCUT2D eigenvalue weighted by molar-refractivity contribution is -0.128. The quantitative estimate of drug-likeness (QED) is 0.777. The predicted molar refractivity (Wildman–Crippen MR) is 77.0 cm³/mol. The Bertz CT molecular complexity index is 615. The van der Waals surface area contributed by atoms with E-state index < -0.39 is 35.6 Å². The fraction of sp³-hybridized carbons (Fsp3) is 0.429. The Labute approximate surface area is 135 Å². The molecule has 1 saturated heterocycles. The maximum atomic E-state index is 13.3. The van der Waals surface area contributed by atoms with Gasteiger partial charge in [0.15, 0.2) is 11.6 Å². The van der Waals surface area contributed by atoms with Crippen molar-refractivity contribution in [1.29, 1.82) is 0 Å². The molecule has 2 atom stereocenters. The van der Waals surface area contributed by atoms with Gasteiger partial charge in [0.05, 0.1) is 29.3 Å². The molecule has 1 aromatic carbocycles. The van der Waals surface area contributed by atoms with E-state index in [0.717, 1.165) is 12.1 Å². The number of halogens is 3. The Balaban J connectivity index is 2.08. The Morgan fingerprint density at radius 2 is 2.09 bits per heavy atom. The van der Waals surface area contributed by atoms with Gasteiger partial charge in [-0.2, -0.15) is 0 Å². The van der Waals surface area contributed by atoms with Crippen molar-refractivity contribution in [2.75, 3.05) is 19.8 Å². The lowest BCUT2D eigenvalue weighted by atomic mass is 10.1. The van der Waals surface area contributed by atoms with E-state index in [1.54, 1.807) is 0 Å². The number of amides is 2. The van der Waals surface area contributed by atoms with Gasteiger partial charge < -0.3 is 20.5 Å². The number of benzene rings is 1. The van der Waals surface area contributed by atoms with Gasteiger partial charge in [-0.3, -0.25) is 9.59 Å². The van der Waals surface area contributed by atoms with Crippen molar-refractivity contribution in [2.45, 2.75) is 18.6 Å². The summed E-state index contributed by atoms with van der Waals surface area (Å²) in [5.74, 6) is -3.65. The minimum atomic E-state index is -1.18. The molecule has 23 heavy (non-hydrogen) atoms. The van der Waals surface area contributed by atoms with E-state index in [4.69, 9.17) is 26.8 Å². The fourth-order valence-electron chi connectivity index (χ4n) is 2.18. The van der Waals surface area contributed by atoms with E-state index in [2.05, 4.69) is 5.32 Å². The molecule has 0 aliphatic carbocycles. The molecule has 6 nitrogen and oxygen atoms in total. The summed E-state index contributed by atoms with van der Waals surface area (Å²) in [6.45, 7) is 0.265. The SMILES string of the molecule is NC(=O)CO[C@@H]1CCOC[C@@H]1NC(=O)c1cc(F)c(F)cc1Cl. The first-order valence-electron chi connectivity index (χ1n) is 6.81. The summed E-state index contributed by atoms with van der Waals surface area (Å²) in [5, 5.41) is 2.37. The number of nitrogens with two attached hydrogens (primary N) is 1. The Kier molecular flexibility index (Phi) is 5.86. The molecule has 126 valence electrons. The zero-order valence-electron chi connectivity index (χ0n) is 12.0. The van der Waals surface area contributed by atoms with Crippen molar-refractivity contribution in [1.82, 2.24) is 5.32 Å². The van der Waals surface area contributed by atoms with Gasteiger partial charge in [0.1, 0.15) is 6.61 Å². The molecular weight excluding hydrogens is 334 g/mol. The number of carbonyl (C=O) groups excluding carboxylic acids is 2. The van der Waals surface area contributed by atoms with Crippen LogP contribution >= 0.6 is 11.6 Å². The summed E-state index contributed by atoms with van der Waals surface area (Å²) in [5.41, 5.74) is 4.82. The number of rotatable bonds is 5. The molecule has 0 saturated carbocycles. The standard InChI is InChI=1S/C14H15ClF2N2O4/c15-8-4-10(17)9(16)3-7(8)14(21)19-11-5-22-2-1-12(11)23-6-13(18)20/h3-4,11-12H,1-2,5-6H2,(H2,18,20)(H,19,21)/t11-,12+/m0/s1. The molecule has 1 fully saturated rings. The first-order chi connectivity index (χ1) is 10.9. The van der Waals surface area contributed by atoms with E-state index in [9.17, 15) is 18.4 Å². The molecule has 0 radical (unpaired) electrons. The lowest BCUT2D eigenvalue weighted by Crippen LogP contribution is -2.51. The maximum Gasteiger partial charge on any atom is 0.253 e. The third-order valence-electron chi connectivity index (χ3n) is 3.30. The highest BCUT2D eigenvalue weighted by atomic mass is 35.5. The van der Waals surface area contributed by atoms with Crippen molar-refractivity contribution in [2.24, 2.45) is 5.73 Å². The van der Waals surface area contributed by atoms with Gasteiger partial charge in [0.2, 0.25) is 5.91 Å². The number of carbonyl (C=O) groups is 2. The Morgan fingerprint density at radius 1 is 1.39 bits per heavy atom. The van der Waals surface area contributed by atoms with Crippen LogP contribution in [0, 0.1) is 11.6 Å². The minimum absolute atomic E-state index is 0.149. The molecule has 0 bridgehead atoms. The molecule has 1 aromatic rings. The lowest BCUT2D eigenvalue weighted by Gasteiger charge is -2.31. The van der Waals surface area contributed by atoms with Crippen molar-refractivity contribution in [3.05, 3.63) is 34.4 Å². The molecule has 0 unspecified atom stereocenters. The van der Waals surface area contributed by atoms with Gasteiger partial charge in [0.25, 0.3) is 5.91 Å². The molecule has 9 heteroatoms. The van der Waals surface area contributed by atoms with Crippen LogP contribution in [0.1, 0.15) is 16.8 Å². The van der Waals surface area contributed by atoms with Gasteiger partial charge in [-0.05, 0) is 18.6 Å². The van der Waals surface area contributed by atoms with Crippen LogP contribution in [0.15, 0.2) is 12.1 Å². The zero-order chi connectivity index (χ0) is 17.0. The normalized spacial score (nSPS) is 21.0. The van der Waals surface area contributed by atoms with E-state index in [-0.39, 0.29) is 23.8 Å². The fourth-order valence-corrected chi connectivity index (χ4v) is 2.42. The number of nitrogens with one attached hydrogen (secondary N) is 1. The molecule has 3 N–H and O–H groups in total. The second-order valence-electron chi connectivity index (χ2n) is 5.01. The highest BCUT2D eigenvalue weighted by Gasteiger charge is 2.29. The van der Waals surface area contributed by atoms with Crippen molar-refractivity contribution < 1.29 is 27.8 Å². The summed E-state index contributed by atoms with van der Waals surface area (Å²) in [7, 11) is 0. The molecule has 0 spiro atoms. The van der Waals surface area contributed by atoms with Crippen LogP contribution in [0.4, 0.5) is 8.78 Å². The molecule has 1 heterocycles. The molecule has 1 aliphatic rings.